The number of carbonyl (C=O) groups is 1. The summed E-state index contributed by atoms with van der Waals surface area (Å²) in [4.78, 5) is 16.2. The van der Waals surface area contributed by atoms with Gasteiger partial charge in [-0.05, 0) is 37.8 Å². The molecule has 0 radical (unpaired) electrons. The number of aliphatic imine (C=N–C) groups is 1. The molecule has 0 atom stereocenters. The molecule has 19 heavy (non-hydrogen) atoms. The molecule has 102 valence electrons. The van der Waals surface area contributed by atoms with Crippen LogP contribution < -0.4 is 16.0 Å². The van der Waals surface area contributed by atoms with Gasteiger partial charge in [0.25, 0.3) is 0 Å². The van der Waals surface area contributed by atoms with Crippen LogP contribution in [-0.2, 0) is 0 Å². The molecule has 0 aromatic heterocycles. The lowest BCUT2D eigenvalue weighted by molar-refractivity contribution is 0.256. The van der Waals surface area contributed by atoms with Crippen LogP contribution in [0.4, 0.5) is 10.5 Å². The van der Waals surface area contributed by atoms with Gasteiger partial charge in [-0.1, -0.05) is 18.2 Å². The number of benzene rings is 1. The lowest BCUT2D eigenvalue weighted by atomic mass is 10.1. The van der Waals surface area contributed by atoms with Crippen LogP contribution in [0.2, 0.25) is 0 Å². The maximum atomic E-state index is 12.0. The van der Waals surface area contributed by atoms with E-state index >= 15 is 0 Å². The van der Waals surface area contributed by atoms with Crippen molar-refractivity contribution in [1.29, 1.82) is 0 Å². The molecule has 0 fully saturated rings. The maximum Gasteiger partial charge on any atom is 0.326 e. The molecule has 1 aromatic carbocycles. The van der Waals surface area contributed by atoms with E-state index in [4.69, 9.17) is 0 Å². The number of nitrogens with zero attached hydrogens (tertiary/aromatic N) is 1. The van der Waals surface area contributed by atoms with Crippen LogP contribution in [0.1, 0.15) is 24.0 Å². The smallest absolute Gasteiger partial charge is 0.326 e. The Morgan fingerprint density at radius 2 is 1.95 bits per heavy atom. The minimum atomic E-state index is -0.259. The fourth-order valence-corrected chi connectivity index (χ4v) is 2.04. The molecule has 1 aliphatic rings. The van der Waals surface area contributed by atoms with Gasteiger partial charge in [-0.25, -0.2) is 4.79 Å². The Morgan fingerprint density at radius 3 is 2.68 bits per heavy atom. The minimum absolute atomic E-state index is 0.259. The van der Waals surface area contributed by atoms with E-state index in [0.717, 1.165) is 42.7 Å². The highest BCUT2D eigenvalue weighted by Crippen LogP contribution is 2.18. The van der Waals surface area contributed by atoms with Gasteiger partial charge in [-0.2, -0.15) is 0 Å². The first-order valence-electron chi connectivity index (χ1n) is 6.59. The van der Waals surface area contributed by atoms with Crippen molar-refractivity contribution in [2.75, 3.05) is 18.4 Å². The predicted molar refractivity (Wildman–Crippen MR) is 77.6 cm³/mol. The molecule has 1 heterocycles. The zero-order chi connectivity index (χ0) is 13.7. The Labute approximate surface area is 113 Å². The Morgan fingerprint density at radius 1 is 1.21 bits per heavy atom. The van der Waals surface area contributed by atoms with Crippen LogP contribution >= 0.6 is 0 Å². The number of nitrogens with one attached hydrogen (secondary N) is 3. The minimum Gasteiger partial charge on any atom is -0.356 e. The molecule has 3 N–H and O–H groups in total. The van der Waals surface area contributed by atoms with Gasteiger partial charge in [0.15, 0.2) is 5.96 Å². The summed E-state index contributed by atoms with van der Waals surface area (Å²) in [7, 11) is 0. The molecule has 1 aliphatic heterocycles. The van der Waals surface area contributed by atoms with Crippen molar-refractivity contribution in [2.24, 2.45) is 4.99 Å². The van der Waals surface area contributed by atoms with E-state index in [1.807, 2.05) is 32.0 Å². The second-order valence-corrected chi connectivity index (χ2v) is 4.71. The highest BCUT2D eigenvalue weighted by Gasteiger charge is 2.10. The lowest BCUT2D eigenvalue weighted by Gasteiger charge is -2.13. The molecule has 2 amide bonds. The molecule has 0 bridgehead atoms. The molecule has 0 spiro atoms. The normalized spacial score (nSPS) is 14.9. The summed E-state index contributed by atoms with van der Waals surface area (Å²) in [6.45, 7) is 5.56. The molecule has 0 unspecified atom stereocenters. The van der Waals surface area contributed by atoms with E-state index in [9.17, 15) is 4.79 Å². The first kappa shape index (κ1) is 13.4. The zero-order valence-corrected chi connectivity index (χ0v) is 11.4. The number of para-hydroxylation sites is 1. The van der Waals surface area contributed by atoms with Crippen LogP contribution in [0.25, 0.3) is 0 Å². The van der Waals surface area contributed by atoms with Crippen molar-refractivity contribution in [1.82, 2.24) is 10.6 Å². The number of hydrogen-bond donors (Lipinski definition) is 3. The van der Waals surface area contributed by atoms with Crippen LogP contribution in [0.3, 0.4) is 0 Å². The van der Waals surface area contributed by atoms with Crippen molar-refractivity contribution in [3.63, 3.8) is 0 Å². The SMILES string of the molecule is Cc1cccc(C)c1NC(=O)NC1=NCCCCN1. The van der Waals surface area contributed by atoms with E-state index < -0.39 is 0 Å². The summed E-state index contributed by atoms with van der Waals surface area (Å²) >= 11 is 0. The zero-order valence-electron chi connectivity index (χ0n) is 11.4. The molecule has 0 saturated heterocycles. The molecular formula is C14H20N4O. The lowest BCUT2D eigenvalue weighted by Crippen LogP contribution is -2.43. The van der Waals surface area contributed by atoms with Gasteiger partial charge in [0, 0.05) is 18.8 Å². The fourth-order valence-electron chi connectivity index (χ4n) is 2.04. The number of anilines is 1. The molecule has 0 aliphatic carbocycles. The summed E-state index contributed by atoms with van der Waals surface area (Å²) in [6, 6.07) is 5.67. The van der Waals surface area contributed by atoms with Crippen molar-refractivity contribution in [3.05, 3.63) is 29.3 Å². The molecule has 1 aromatic rings. The quantitative estimate of drug-likeness (QED) is 0.724. The third-order valence-corrected chi connectivity index (χ3v) is 3.10. The number of aryl methyl sites for hydroxylation is 2. The van der Waals surface area contributed by atoms with Gasteiger partial charge < -0.3 is 10.6 Å². The number of urea groups is 1. The third kappa shape index (κ3) is 3.71. The van der Waals surface area contributed by atoms with Gasteiger partial charge >= 0.3 is 6.03 Å². The molecule has 2 rings (SSSR count). The molecule has 5 heteroatoms. The van der Waals surface area contributed by atoms with Gasteiger partial charge in [0.05, 0.1) is 0 Å². The van der Waals surface area contributed by atoms with Crippen molar-refractivity contribution in [2.45, 2.75) is 26.7 Å². The van der Waals surface area contributed by atoms with Crippen LogP contribution in [0, 0.1) is 13.8 Å². The monoisotopic (exact) mass is 260 g/mol. The van der Waals surface area contributed by atoms with Crippen LogP contribution in [-0.4, -0.2) is 25.1 Å². The Kier molecular flexibility index (Phi) is 4.39. The van der Waals surface area contributed by atoms with E-state index in [-0.39, 0.29) is 6.03 Å². The average Bonchev–Trinajstić information content (AvgIpc) is 2.63. The second kappa shape index (κ2) is 6.22. The third-order valence-electron chi connectivity index (χ3n) is 3.10. The summed E-state index contributed by atoms with van der Waals surface area (Å²) in [6.07, 6.45) is 2.13. The summed E-state index contributed by atoms with van der Waals surface area (Å²) in [5, 5.41) is 8.73. The largest absolute Gasteiger partial charge is 0.356 e. The van der Waals surface area contributed by atoms with Gasteiger partial charge in [-0.3, -0.25) is 10.3 Å². The van der Waals surface area contributed by atoms with Gasteiger partial charge in [0.2, 0.25) is 0 Å². The fraction of sp³-hybridized carbons (Fsp3) is 0.429. The van der Waals surface area contributed by atoms with Crippen molar-refractivity contribution < 1.29 is 4.79 Å². The van der Waals surface area contributed by atoms with Crippen LogP contribution in [0.15, 0.2) is 23.2 Å². The van der Waals surface area contributed by atoms with E-state index in [0.29, 0.717) is 5.96 Å². The first-order chi connectivity index (χ1) is 9.16. The van der Waals surface area contributed by atoms with Gasteiger partial charge in [-0.15, -0.1) is 0 Å². The van der Waals surface area contributed by atoms with Crippen molar-refractivity contribution >= 4 is 17.7 Å². The molecular weight excluding hydrogens is 240 g/mol. The van der Waals surface area contributed by atoms with Crippen LogP contribution in [0.5, 0.6) is 0 Å². The highest BCUT2D eigenvalue weighted by atomic mass is 16.2. The second-order valence-electron chi connectivity index (χ2n) is 4.71. The Balaban J connectivity index is 1.99. The summed E-state index contributed by atoms with van der Waals surface area (Å²) in [5.41, 5.74) is 2.95. The number of rotatable bonds is 1. The topological polar surface area (TPSA) is 65.5 Å². The maximum absolute atomic E-state index is 12.0. The number of carbonyl (C=O) groups excluding carboxylic acids is 1. The first-order valence-corrected chi connectivity index (χ1v) is 6.59. The molecule has 5 nitrogen and oxygen atoms in total. The number of hydrogen-bond acceptors (Lipinski definition) is 3. The highest BCUT2D eigenvalue weighted by molar-refractivity contribution is 6.03. The standard InChI is InChI=1S/C14H20N4O/c1-10-6-5-7-11(2)12(10)17-14(19)18-13-15-8-3-4-9-16-13/h5-7H,3-4,8-9H2,1-2H3,(H3,15,16,17,18,19). The van der Waals surface area contributed by atoms with Crippen molar-refractivity contribution in [3.8, 4) is 0 Å². The Bertz CT molecular complexity index is 476. The number of amides is 2. The van der Waals surface area contributed by atoms with E-state index in [2.05, 4.69) is 20.9 Å². The molecule has 0 saturated carbocycles. The van der Waals surface area contributed by atoms with E-state index in [1.165, 1.54) is 0 Å². The average molecular weight is 260 g/mol. The summed E-state index contributed by atoms with van der Waals surface area (Å²) < 4.78 is 0. The van der Waals surface area contributed by atoms with E-state index in [1.54, 1.807) is 0 Å². The van der Waals surface area contributed by atoms with Gasteiger partial charge in [0.1, 0.15) is 0 Å². The number of guanidine groups is 1. The predicted octanol–water partition coefficient (Wildman–Crippen LogP) is 2.16. The summed E-state index contributed by atoms with van der Waals surface area (Å²) in [5.74, 6) is 0.557. The Hall–Kier alpha value is -2.04.